The number of anilines is 2. The van der Waals surface area contributed by atoms with Gasteiger partial charge in [-0.25, -0.2) is 0 Å². The quantitative estimate of drug-likeness (QED) is 0.869. The first-order valence-electron chi connectivity index (χ1n) is 6.48. The molecule has 3 N–H and O–H groups in total. The van der Waals surface area contributed by atoms with Crippen LogP contribution >= 0.6 is 0 Å². The molecule has 1 aromatic carbocycles. The van der Waals surface area contributed by atoms with E-state index in [0.717, 1.165) is 29.8 Å². The van der Waals surface area contributed by atoms with E-state index < -0.39 is 0 Å². The molecule has 0 unspecified atom stereocenters. The number of hydrogen-bond donors (Lipinski definition) is 2. The van der Waals surface area contributed by atoms with E-state index in [0.29, 0.717) is 18.1 Å². The molecule has 3 rings (SSSR count). The SMILES string of the molecule is COc1ccc2c(c1)CCCN2C(=O)c1cc(N)n[nH]1. The van der Waals surface area contributed by atoms with E-state index in [4.69, 9.17) is 10.5 Å². The fraction of sp³-hybridized carbons (Fsp3) is 0.286. The minimum absolute atomic E-state index is 0.111. The van der Waals surface area contributed by atoms with Crippen molar-refractivity contribution in [1.82, 2.24) is 10.2 Å². The maximum absolute atomic E-state index is 12.5. The number of aromatic nitrogens is 2. The Bertz CT molecular complexity index is 650. The van der Waals surface area contributed by atoms with Crippen molar-refractivity contribution >= 4 is 17.4 Å². The van der Waals surface area contributed by atoms with Crippen LogP contribution in [0.3, 0.4) is 0 Å². The number of fused-ring (bicyclic) bond motifs is 1. The zero-order valence-electron chi connectivity index (χ0n) is 11.2. The summed E-state index contributed by atoms with van der Waals surface area (Å²) >= 11 is 0. The highest BCUT2D eigenvalue weighted by Crippen LogP contribution is 2.31. The third-order valence-electron chi connectivity index (χ3n) is 3.48. The van der Waals surface area contributed by atoms with Gasteiger partial charge in [0.15, 0.2) is 0 Å². The number of rotatable bonds is 2. The molecule has 0 radical (unpaired) electrons. The Morgan fingerprint density at radius 1 is 1.45 bits per heavy atom. The molecule has 1 aromatic heterocycles. The third-order valence-corrected chi connectivity index (χ3v) is 3.48. The lowest BCUT2D eigenvalue weighted by Gasteiger charge is -2.29. The van der Waals surface area contributed by atoms with Crippen LogP contribution in [0.4, 0.5) is 11.5 Å². The number of carbonyl (C=O) groups excluding carboxylic acids is 1. The highest BCUT2D eigenvalue weighted by atomic mass is 16.5. The molecule has 0 bridgehead atoms. The van der Waals surface area contributed by atoms with E-state index in [-0.39, 0.29) is 5.91 Å². The summed E-state index contributed by atoms with van der Waals surface area (Å²) in [6, 6.07) is 7.33. The van der Waals surface area contributed by atoms with Gasteiger partial charge in [-0.3, -0.25) is 9.89 Å². The first kappa shape index (κ1) is 12.5. The van der Waals surface area contributed by atoms with Crippen LogP contribution < -0.4 is 15.4 Å². The van der Waals surface area contributed by atoms with Gasteiger partial charge < -0.3 is 15.4 Å². The second-order valence-corrected chi connectivity index (χ2v) is 4.76. The molecule has 20 heavy (non-hydrogen) atoms. The number of carbonyl (C=O) groups is 1. The minimum Gasteiger partial charge on any atom is -0.497 e. The van der Waals surface area contributed by atoms with Gasteiger partial charge in [0, 0.05) is 18.3 Å². The van der Waals surface area contributed by atoms with Gasteiger partial charge in [-0.05, 0) is 36.6 Å². The normalized spacial score (nSPS) is 13.9. The molecule has 0 fully saturated rings. The second-order valence-electron chi connectivity index (χ2n) is 4.76. The molecule has 104 valence electrons. The fourth-order valence-corrected chi connectivity index (χ4v) is 2.50. The van der Waals surface area contributed by atoms with Gasteiger partial charge in [0.05, 0.1) is 7.11 Å². The van der Waals surface area contributed by atoms with E-state index in [2.05, 4.69) is 10.2 Å². The minimum atomic E-state index is -0.111. The average Bonchev–Trinajstić information content (AvgIpc) is 2.91. The number of nitrogens with zero attached hydrogens (tertiary/aromatic N) is 2. The first-order valence-corrected chi connectivity index (χ1v) is 6.48. The molecule has 0 atom stereocenters. The molecule has 0 spiro atoms. The zero-order chi connectivity index (χ0) is 14.1. The maximum Gasteiger partial charge on any atom is 0.276 e. The largest absolute Gasteiger partial charge is 0.497 e. The molecule has 1 aliphatic heterocycles. The Labute approximate surface area is 116 Å². The van der Waals surface area contributed by atoms with Crippen molar-refractivity contribution in [3.8, 4) is 5.75 Å². The number of H-pyrrole nitrogens is 1. The van der Waals surface area contributed by atoms with Gasteiger partial charge in [0.1, 0.15) is 17.3 Å². The standard InChI is InChI=1S/C14H16N4O2/c1-20-10-4-5-12-9(7-10)3-2-6-18(12)14(19)11-8-13(15)17-16-11/h4-5,7-8H,2-3,6H2,1H3,(H3,15,16,17). The number of methoxy groups -OCH3 is 1. The van der Waals surface area contributed by atoms with Gasteiger partial charge in [-0.2, -0.15) is 5.10 Å². The summed E-state index contributed by atoms with van der Waals surface area (Å²) in [5, 5.41) is 6.47. The predicted octanol–water partition coefficient (Wildman–Crippen LogP) is 1.59. The summed E-state index contributed by atoms with van der Waals surface area (Å²) in [6.07, 6.45) is 1.87. The molecule has 2 aromatic rings. The summed E-state index contributed by atoms with van der Waals surface area (Å²) in [4.78, 5) is 14.3. The van der Waals surface area contributed by atoms with Crippen LogP contribution in [0.15, 0.2) is 24.3 Å². The summed E-state index contributed by atoms with van der Waals surface area (Å²) in [5.41, 5.74) is 8.01. The van der Waals surface area contributed by atoms with Gasteiger partial charge in [0.2, 0.25) is 0 Å². The number of nitrogens with one attached hydrogen (secondary N) is 1. The number of nitrogen functional groups attached to an aromatic ring is 1. The molecule has 2 heterocycles. The maximum atomic E-state index is 12.5. The Balaban J connectivity index is 1.95. The van der Waals surface area contributed by atoms with Crippen molar-refractivity contribution in [1.29, 1.82) is 0 Å². The van der Waals surface area contributed by atoms with Gasteiger partial charge in [0.25, 0.3) is 5.91 Å². The van der Waals surface area contributed by atoms with Crippen molar-refractivity contribution in [3.63, 3.8) is 0 Å². The van der Waals surface area contributed by atoms with Crippen molar-refractivity contribution < 1.29 is 9.53 Å². The number of aromatic amines is 1. The van der Waals surface area contributed by atoms with E-state index in [9.17, 15) is 4.79 Å². The van der Waals surface area contributed by atoms with Crippen molar-refractivity contribution in [2.45, 2.75) is 12.8 Å². The summed E-state index contributed by atoms with van der Waals surface area (Å²) < 4.78 is 5.23. The predicted molar refractivity (Wildman–Crippen MR) is 76.0 cm³/mol. The number of benzene rings is 1. The summed E-state index contributed by atoms with van der Waals surface area (Å²) in [6.45, 7) is 0.692. The lowest BCUT2D eigenvalue weighted by molar-refractivity contribution is 0.0980. The smallest absolute Gasteiger partial charge is 0.276 e. The highest BCUT2D eigenvalue weighted by Gasteiger charge is 2.25. The second kappa shape index (κ2) is 4.88. The topological polar surface area (TPSA) is 84.2 Å². The van der Waals surface area contributed by atoms with Gasteiger partial charge >= 0.3 is 0 Å². The van der Waals surface area contributed by atoms with E-state index >= 15 is 0 Å². The van der Waals surface area contributed by atoms with Crippen LogP contribution in [0.1, 0.15) is 22.5 Å². The zero-order valence-corrected chi connectivity index (χ0v) is 11.2. The Kier molecular flexibility index (Phi) is 3.06. The molecule has 0 saturated heterocycles. The van der Waals surface area contributed by atoms with E-state index in [1.165, 1.54) is 0 Å². The lowest BCUT2D eigenvalue weighted by atomic mass is 10.0. The number of amides is 1. The summed E-state index contributed by atoms with van der Waals surface area (Å²) in [7, 11) is 1.64. The van der Waals surface area contributed by atoms with Crippen LogP contribution in [-0.2, 0) is 6.42 Å². The monoisotopic (exact) mass is 272 g/mol. The highest BCUT2D eigenvalue weighted by molar-refractivity contribution is 6.05. The van der Waals surface area contributed by atoms with Crippen LogP contribution in [0.25, 0.3) is 0 Å². The third kappa shape index (κ3) is 2.09. The fourth-order valence-electron chi connectivity index (χ4n) is 2.50. The molecule has 6 nitrogen and oxygen atoms in total. The van der Waals surface area contributed by atoms with Gasteiger partial charge in [-0.15, -0.1) is 0 Å². The number of ether oxygens (including phenoxy) is 1. The molecular formula is C14H16N4O2. The molecule has 0 aliphatic carbocycles. The molecular weight excluding hydrogens is 256 g/mol. The number of aryl methyl sites for hydroxylation is 1. The van der Waals surface area contributed by atoms with Gasteiger partial charge in [-0.1, -0.05) is 0 Å². The van der Waals surface area contributed by atoms with Crippen LogP contribution in [0.2, 0.25) is 0 Å². The molecule has 0 saturated carbocycles. The van der Waals surface area contributed by atoms with E-state index in [1.54, 1.807) is 18.1 Å². The Morgan fingerprint density at radius 3 is 3.00 bits per heavy atom. The Hall–Kier alpha value is -2.50. The van der Waals surface area contributed by atoms with Crippen molar-refractivity contribution in [3.05, 3.63) is 35.5 Å². The number of hydrogen-bond acceptors (Lipinski definition) is 4. The molecule has 6 heteroatoms. The lowest BCUT2D eigenvalue weighted by Crippen LogP contribution is -2.35. The average molecular weight is 272 g/mol. The van der Waals surface area contributed by atoms with Crippen LogP contribution in [0, 0.1) is 0 Å². The number of nitrogens with two attached hydrogens (primary N) is 1. The van der Waals surface area contributed by atoms with Crippen LogP contribution in [0.5, 0.6) is 5.75 Å². The molecule has 1 amide bonds. The van der Waals surface area contributed by atoms with E-state index in [1.807, 2.05) is 18.2 Å². The van der Waals surface area contributed by atoms with Crippen molar-refractivity contribution in [2.75, 3.05) is 24.3 Å². The molecule has 1 aliphatic rings. The summed E-state index contributed by atoms with van der Waals surface area (Å²) in [5.74, 6) is 1.02. The Morgan fingerprint density at radius 2 is 2.30 bits per heavy atom. The van der Waals surface area contributed by atoms with Crippen molar-refractivity contribution in [2.24, 2.45) is 0 Å². The van der Waals surface area contributed by atoms with Crippen LogP contribution in [-0.4, -0.2) is 29.8 Å². The first-order chi connectivity index (χ1) is 9.69.